The molecule has 2 N–H and O–H groups in total. The van der Waals surface area contributed by atoms with Crippen LogP contribution in [0.15, 0.2) is 77.7 Å². The molecule has 0 bridgehead atoms. The van der Waals surface area contributed by atoms with E-state index in [0.29, 0.717) is 5.69 Å². The number of ether oxygens (including phenoxy) is 1. The number of benzene rings is 3. The Morgan fingerprint density at radius 1 is 0.969 bits per heavy atom. The second-order valence-electron chi connectivity index (χ2n) is 6.89. The molecule has 3 aromatic rings. The van der Waals surface area contributed by atoms with Crippen molar-refractivity contribution in [2.75, 3.05) is 11.9 Å². The molecule has 0 aliphatic carbocycles. The zero-order valence-electron chi connectivity index (χ0n) is 17.2. The fourth-order valence-corrected chi connectivity index (χ4v) is 4.34. The Labute approximate surface area is 191 Å². The number of anilines is 1. The fraction of sp³-hybridized carbons (Fsp3) is 0.130. The second-order valence-corrected chi connectivity index (χ2v) is 9.04. The van der Waals surface area contributed by atoms with E-state index in [9.17, 15) is 18.0 Å². The lowest BCUT2D eigenvalue weighted by atomic mass is 10.2. The van der Waals surface area contributed by atoms with Crippen molar-refractivity contribution in [1.29, 1.82) is 0 Å². The summed E-state index contributed by atoms with van der Waals surface area (Å²) in [6.07, 6.45) is 0. The maximum Gasteiger partial charge on any atom is 0.338 e. The van der Waals surface area contributed by atoms with Crippen molar-refractivity contribution < 1.29 is 22.7 Å². The van der Waals surface area contributed by atoms with Gasteiger partial charge in [-0.15, -0.1) is 0 Å². The predicted octanol–water partition coefficient (Wildman–Crippen LogP) is 3.92. The molecule has 0 aliphatic rings. The quantitative estimate of drug-likeness (QED) is 0.484. The smallest absolute Gasteiger partial charge is 0.338 e. The summed E-state index contributed by atoms with van der Waals surface area (Å²) in [7, 11) is -3.99. The van der Waals surface area contributed by atoms with Gasteiger partial charge in [-0.1, -0.05) is 60.1 Å². The van der Waals surface area contributed by atoms with Gasteiger partial charge >= 0.3 is 5.97 Å². The average Bonchev–Trinajstić information content (AvgIpc) is 2.78. The highest BCUT2D eigenvalue weighted by Crippen LogP contribution is 2.23. The zero-order valence-corrected chi connectivity index (χ0v) is 18.7. The van der Waals surface area contributed by atoms with Crippen LogP contribution in [0.25, 0.3) is 0 Å². The van der Waals surface area contributed by atoms with Gasteiger partial charge in [-0.05, 0) is 42.3 Å². The minimum Gasteiger partial charge on any atom is -0.452 e. The van der Waals surface area contributed by atoms with Crippen molar-refractivity contribution in [2.24, 2.45) is 0 Å². The molecule has 0 aliphatic heterocycles. The van der Waals surface area contributed by atoms with Crippen molar-refractivity contribution in [1.82, 2.24) is 4.72 Å². The van der Waals surface area contributed by atoms with Gasteiger partial charge in [0, 0.05) is 12.2 Å². The lowest BCUT2D eigenvalue weighted by Gasteiger charge is -2.11. The second kappa shape index (κ2) is 10.4. The van der Waals surface area contributed by atoms with Crippen molar-refractivity contribution in [3.05, 3.63) is 94.5 Å². The predicted molar refractivity (Wildman–Crippen MR) is 122 cm³/mol. The van der Waals surface area contributed by atoms with Gasteiger partial charge in [-0.25, -0.2) is 17.9 Å². The first-order valence-corrected chi connectivity index (χ1v) is 11.5. The maximum absolute atomic E-state index is 12.7. The third-order valence-electron chi connectivity index (χ3n) is 4.52. The van der Waals surface area contributed by atoms with E-state index in [1.807, 2.05) is 25.1 Å². The van der Waals surface area contributed by atoms with E-state index in [1.54, 1.807) is 36.4 Å². The topological polar surface area (TPSA) is 102 Å². The largest absolute Gasteiger partial charge is 0.452 e. The fourth-order valence-electron chi connectivity index (χ4n) is 2.80. The molecule has 0 fully saturated rings. The SMILES string of the molecule is Cc1ccccc1NC(=O)COC(=O)c1ccc(Cl)c(S(=O)(=O)NCc2ccccc2)c1. The van der Waals surface area contributed by atoms with Crippen LogP contribution in [0.3, 0.4) is 0 Å². The number of halogens is 1. The van der Waals surface area contributed by atoms with E-state index in [0.717, 1.165) is 17.2 Å². The molecule has 0 radical (unpaired) electrons. The number of rotatable bonds is 8. The highest BCUT2D eigenvalue weighted by Gasteiger charge is 2.21. The number of amides is 1. The summed E-state index contributed by atoms with van der Waals surface area (Å²) < 4.78 is 32.9. The Hall–Kier alpha value is -3.20. The van der Waals surface area contributed by atoms with Crippen LogP contribution >= 0.6 is 11.6 Å². The molecule has 32 heavy (non-hydrogen) atoms. The normalized spacial score (nSPS) is 11.1. The van der Waals surface area contributed by atoms with E-state index in [1.165, 1.54) is 12.1 Å². The van der Waals surface area contributed by atoms with Gasteiger partial charge in [0.15, 0.2) is 6.61 Å². The molecular formula is C23H21ClN2O5S. The average molecular weight is 473 g/mol. The number of hydrogen-bond donors (Lipinski definition) is 2. The lowest BCUT2D eigenvalue weighted by Crippen LogP contribution is -2.24. The number of nitrogens with one attached hydrogen (secondary N) is 2. The molecule has 9 heteroatoms. The Morgan fingerprint density at radius 3 is 2.38 bits per heavy atom. The summed E-state index contributed by atoms with van der Waals surface area (Å²) in [4.78, 5) is 24.2. The van der Waals surface area contributed by atoms with E-state index in [4.69, 9.17) is 16.3 Å². The van der Waals surface area contributed by atoms with Crippen molar-refractivity contribution in [2.45, 2.75) is 18.4 Å². The highest BCUT2D eigenvalue weighted by molar-refractivity contribution is 7.89. The van der Waals surface area contributed by atoms with Crippen LogP contribution in [0.5, 0.6) is 0 Å². The first-order chi connectivity index (χ1) is 15.3. The third kappa shape index (κ3) is 6.16. The summed E-state index contributed by atoms with van der Waals surface area (Å²) in [6.45, 7) is 1.38. The van der Waals surface area contributed by atoms with Crippen LogP contribution in [0.4, 0.5) is 5.69 Å². The van der Waals surface area contributed by atoms with Crippen molar-refractivity contribution in [3.8, 4) is 0 Å². The minimum absolute atomic E-state index is 0.0422. The van der Waals surface area contributed by atoms with Crippen LogP contribution in [-0.4, -0.2) is 26.9 Å². The van der Waals surface area contributed by atoms with Crippen LogP contribution in [0.2, 0.25) is 5.02 Å². The molecule has 0 unspecified atom stereocenters. The molecule has 0 saturated carbocycles. The number of aryl methyl sites for hydroxylation is 1. The van der Waals surface area contributed by atoms with E-state index < -0.39 is 28.5 Å². The molecule has 3 rings (SSSR count). The third-order valence-corrected chi connectivity index (χ3v) is 6.40. The standard InChI is InChI=1S/C23H21ClN2O5S/c1-16-7-5-6-10-20(16)26-22(27)15-31-23(28)18-11-12-19(24)21(13-18)32(29,30)25-14-17-8-3-2-4-9-17/h2-13,25H,14-15H2,1H3,(H,26,27). The maximum atomic E-state index is 12.7. The highest BCUT2D eigenvalue weighted by atomic mass is 35.5. The molecule has 0 spiro atoms. The van der Waals surface area contributed by atoms with Gasteiger partial charge in [0.2, 0.25) is 10.0 Å². The molecule has 0 aromatic heterocycles. The number of sulfonamides is 1. The molecule has 166 valence electrons. The molecule has 3 aromatic carbocycles. The van der Waals surface area contributed by atoms with E-state index in [2.05, 4.69) is 10.0 Å². The van der Waals surface area contributed by atoms with Crippen LogP contribution in [0.1, 0.15) is 21.5 Å². The van der Waals surface area contributed by atoms with E-state index in [-0.39, 0.29) is 22.0 Å². The summed E-state index contributed by atoms with van der Waals surface area (Å²) in [6, 6.07) is 19.9. The zero-order chi connectivity index (χ0) is 23.1. The molecule has 1 amide bonds. The minimum atomic E-state index is -3.99. The first-order valence-electron chi connectivity index (χ1n) is 9.62. The van der Waals surface area contributed by atoms with Crippen molar-refractivity contribution in [3.63, 3.8) is 0 Å². The Kier molecular flexibility index (Phi) is 7.63. The Balaban J connectivity index is 1.65. The van der Waals surface area contributed by atoms with Gasteiger partial charge in [0.25, 0.3) is 5.91 Å². The lowest BCUT2D eigenvalue weighted by molar-refractivity contribution is -0.119. The summed E-state index contributed by atoms with van der Waals surface area (Å²) in [5.41, 5.74) is 2.20. The van der Waals surface area contributed by atoms with Crippen LogP contribution < -0.4 is 10.0 Å². The first kappa shape index (κ1) is 23.5. The van der Waals surface area contributed by atoms with Gasteiger partial charge in [0.05, 0.1) is 10.6 Å². The van der Waals surface area contributed by atoms with Gasteiger partial charge < -0.3 is 10.1 Å². The van der Waals surface area contributed by atoms with Crippen LogP contribution in [-0.2, 0) is 26.1 Å². The van der Waals surface area contributed by atoms with Gasteiger partial charge in [-0.2, -0.15) is 0 Å². The Bertz CT molecular complexity index is 1230. The number of carbonyl (C=O) groups is 2. The molecule has 7 nitrogen and oxygen atoms in total. The molecule has 0 atom stereocenters. The molecular weight excluding hydrogens is 452 g/mol. The van der Waals surface area contributed by atoms with Gasteiger partial charge in [0.1, 0.15) is 4.90 Å². The number of esters is 1. The van der Waals surface area contributed by atoms with Gasteiger partial charge in [-0.3, -0.25) is 4.79 Å². The van der Waals surface area contributed by atoms with E-state index >= 15 is 0 Å². The van der Waals surface area contributed by atoms with Crippen LogP contribution in [0, 0.1) is 6.92 Å². The summed E-state index contributed by atoms with van der Waals surface area (Å²) in [5.74, 6) is -1.36. The number of para-hydroxylation sites is 1. The Morgan fingerprint density at radius 2 is 1.66 bits per heavy atom. The van der Waals surface area contributed by atoms with Crippen molar-refractivity contribution >= 4 is 39.2 Å². The monoisotopic (exact) mass is 472 g/mol. The molecule has 0 saturated heterocycles. The summed E-state index contributed by atoms with van der Waals surface area (Å²) >= 11 is 6.06. The summed E-state index contributed by atoms with van der Waals surface area (Å²) in [5, 5.41) is 2.61. The number of carbonyl (C=O) groups excluding carboxylic acids is 2. The molecule has 0 heterocycles. The number of hydrogen-bond acceptors (Lipinski definition) is 5.